The van der Waals surface area contributed by atoms with Crippen LogP contribution in [-0.2, 0) is 29.2 Å². The van der Waals surface area contributed by atoms with Crippen LogP contribution in [-0.4, -0.2) is 43.2 Å². The Hall–Kier alpha value is -3.68. The van der Waals surface area contributed by atoms with E-state index in [4.69, 9.17) is 9.47 Å². The lowest BCUT2D eigenvalue weighted by molar-refractivity contribution is -0.139. The van der Waals surface area contributed by atoms with Crippen molar-refractivity contribution in [1.82, 2.24) is 10.6 Å². The molecule has 1 atom stereocenters. The van der Waals surface area contributed by atoms with Gasteiger partial charge in [-0.15, -0.1) is 0 Å². The minimum absolute atomic E-state index is 0.289. The van der Waals surface area contributed by atoms with Gasteiger partial charge >= 0.3 is 5.97 Å². The van der Waals surface area contributed by atoms with Gasteiger partial charge in [0.05, 0.1) is 19.8 Å². The van der Waals surface area contributed by atoms with E-state index < -0.39 is 17.9 Å². The zero-order valence-corrected chi connectivity index (χ0v) is 20.7. The predicted molar refractivity (Wildman–Crippen MR) is 138 cm³/mol. The van der Waals surface area contributed by atoms with E-state index in [0.29, 0.717) is 25.3 Å². The van der Waals surface area contributed by atoms with Crippen LogP contribution in [0.3, 0.4) is 0 Å². The van der Waals surface area contributed by atoms with Crippen molar-refractivity contribution in [2.45, 2.75) is 39.0 Å². The second-order valence-corrected chi connectivity index (χ2v) is 8.98. The van der Waals surface area contributed by atoms with Crippen LogP contribution in [0, 0.1) is 6.92 Å². The Labute approximate surface area is 211 Å². The molecule has 7 heteroatoms. The fraction of sp³-hybridized carbons (Fsp3) is 0.310. The average Bonchev–Trinajstić information content (AvgIpc) is 3.34. The molecule has 0 spiro atoms. The van der Waals surface area contributed by atoms with Gasteiger partial charge in [0.1, 0.15) is 11.8 Å². The van der Waals surface area contributed by atoms with Crippen LogP contribution in [0.15, 0.2) is 60.7 Å². The van der Waals surface area contributed by atoms with Gasteiger partial charge in [-0.1, -0.05) is 42.5 Å². The lowest BCUT2D eigenvalue weighted by atomic mass is 9.93. The molecule has 1 heterocycles. The number of carboxylic acids is 1. The molecule has 188 valence electrons. The van der Waals surface area contributed by atoms with Crippen molar-refractivity contribution in [1.29, 1.82) is 0 Å². The molecule has 36 heavy (non-hydrogen) atoms. The zero-order chi connectivity index (χ0) is 25.5. The minimum atomic E-state index is -1.06. The number of aryl methyl sites for hydroxylation is 1. The van der Waals surface area contributed by atoms with Gasteiger partial charge in [0.15, 0.2) is 0 Å². The summed E-state index contributed by atoms with van der Waals surface area (Å²) in [6, 6.07) is 18.6. The number of carbonyl (C=O) groups excluding carboxylic acids is 1. The summed E-state index contributed by atoms with van der Waals surface area (Å²) in [5, 5.41) is 15.2. The fourth-order valence-electron chi connectivity index (χ4n) is 4.35. The molecule has 1 amide bonds. The van der Waals surface area contributed by atoms with Crippen LogP contribution in [0.4, 0.5) is 0 Å². The van der Waals surface area contributed by atoms with Crippen molar-refractivity contribution in [3.05, 3.63) is 88.5 Å². The largest absolute Gasteiger partial charge is 0.493 e. The van der Waals surface area contributed by atoms with E-state index in [1.807, 2.05) is 49.4 Å². The molecule has 0 aliphatic carbocycles. The maximum absolute atomic E-state index is 13.2. The van der Waals surface area contributed by atoms with E-state index in [0.717, 1.165) is 46.6 Å². The van der Waals surface area contributed by atoms with Crippen molar-refractivity contribution in [3.8, 4) is 16.9 Å². The third kappa shape index (κ3) is 6.11. The monoisotopic (exact) mass is 488 g/mol. The second-order valence-electron chi connectivity index (χ2n) is 8.98. The first-order valence-corrected chi connectivity index (χ1v) is 12.2. The molecule has 0 saturated heterocycles. The molecule has 0 radical (unpaired) electrons. The van der Waals surface area contributed by atoms with Gasteiger partial charge in [0, 0.05) is 12.0 Å². The first-order valence-electron chi connectivity index (χ1n) is 12.2. The third-order valence-corrected chi connectivity index (χ3v) is 6.35. The molecule has 3 aromatic carbocycles. The Morgan fingerprint density at radius 3 is 2.53 bits per heavy atom. The summed E-state index contributed by atoms with van der Waals surface area (Å²) in [7, 11) is 1.75. The summed E-state index contributed by atoms with van der Waals surface area (Å²) >= 11 is 0. The predicted octanol–water partition coefficient (Wildman–Crippen LogP) is 4.11. The highest BCUT2D eigenvalue weighted by atomic mass is 16.5. The molecule has 0 aromatic heterocycles. The van der Waals surface area contributed by atoms with Crippen molar-refractivity contribution >= 4 is 11.9 Å². The molecule has 0 bridgehead atoms. The SMILES string of the molecule is CNCCC(NC(=O)c1ccc(COCc2ccc3c(c2)OCC3)cc1-c1ccccc1C)C(=O)O. The molecule has 3 aromatic rings. The smallest absolute Gasteiger partial charge is 0.326 e. The lowest BCUT2D eigenvalue weighted by Gasteiger charge is -2.18. The molecule has 4 rings (SSSR count). The summed E-state index contributed by atoms with van der Waals surface area (Å²) in [4.78, 5) is 24.9. The number of ether oxygens (including phenoxy) is 2. The molecular formula is C29H32N2O5. The Bertz CT molecular complexity index is 1240. The average molecular weight is 489 g/mol. The van der Waals surface area contributed by atoms with E-state index in [2.05, 4.69) is 22.8 Å². The number of aliphatic carboxylic acids is 1. The highest BCUT2D eigenvalue weighted by Gasteiger charge is 2.22. The Morgan fingerprint density at radius 1 is 1.03 bits per heavy atom. The molecule has 3 N–H and O–H groups in total. The molecule has 0 fully saturated rings. The topological polar surface area (TPSA) is 96.9 Å². The van der Waals surface area contributed by atoms with Crippen molar-refractivity contribution in [3.63, 3.8) is 0 Å². The van der Waals surface area contributed by atoms with Crippen LogP contribution in [0.1, 0.15) is 39.0 Å². The maximum atomic E-state index is 13.2. The van der Waals surface area contributed by atoms with Crippen molar-refractivity contribution in [2.75, 3.05) is 20.2 Å². The van der Waals surface area contributed by atoms with Crippen molar-refractivity contribution < 1.29 is 24.2 Å². The number of carbonyl (C=O) groups is 2. The van der Waals surface area contributed by atoms with Gasteiger partial charge < -0.3 is 25.2 Å². The molecule has 0 saturated carbocycles. The van der Waals surface area contributed by atoms with E-state index in [-0.39, 0.29) is 6.42 Å². The number of amides is 1. The van der Waals surface area contributed by atoms with Gasteiger partial charge in [0.2, 0.25) is 0 Å². The van der Waals surface area contributed by atoms with Crippen LogP contribution in [0.2, 0.25) is 0 Å². The standard InChI is InChI=1S/C29H32N2O5/c1-19-5-3-4-6-23(19)25-15-20(17-35-18-21-7-9-22-12-14-36-27(22)16-21)8-10-24(25)28(32)31-26(29(33)34)11-13-30-2/h3-10,15-16,26,30H,11-14,17-18H2,1-2H3,(H,31,32)(H,33,34). The first kappa shape index (κ1) is 25.4. The van der Waals surface area contributed by atoms with Gasteiger partial charge in [0.25, 0.3) is 5.91 Å². The summed E-state index contributed by atoms with van der Waals surface area (Å²) in [6.45, 7) is 4.02. The molecule has 1 aliphatic rings. The van der Waals surface area contributed by atoms with Crippen LogP contribution >= 0.6 is 0 Å². The maximum Gasteiger partial charge on any atom is 0.326 e. The summed E-state index contributed by atoms with van der Waals surface area (Å²) < 4.78 is 11.6. The van der Waals surface area contributed by atoms with Crippen molar-refractivity contribution in [2.24, 2.45) is 0 Å². The first-order chi connectivity index (χ1) is 17.5. The number of fused-ring (bicyclic) bond motifs is 1. The number of hydrogen-bond donors (Lipinski definition) is 3. The summed E-state index contributed by atoms with van der Waals surface area (Å²) in [5.74, 6) is -0.539. The Morgan fingerprint density at radius 2 is 1.78 bits per heavy atom. The lowest BCUT2D eigenvalue weighted by Crippen LogP contribution is -2.42. The van der Waals surface area contributed by atoms with Gasteiger partial charge in [-0.25, -0.2) is 4.79 Å². The van der Waals surface area contributed by atoms with E-state index in [1.165, 1.54) is 5.56 Å². The van der Waals surface area contributed by atoms with Gasteiger partial charge in [-0.2, -0.15) is 0 Å². The number of carboxylic acid groups (broad SMARTS) is 1. The molecule has 1 aliphatic heterocycles. The number of nitrogens with one attached hydrogen (secondary N) is 2. The minimum Gasteiger partial charge on any atom is -0.493 e. The van der Waals surface area contributed by atoms with Crippen LogP contribution in [0.25, 0.3) is 11.1 Å². The quantitative estimate of drug-likeness (QED) is 0.376. The fourth-order valence-corrected chi connectivity index (χ4v) is 4.35. The van der Waals surface area contributed by atoms with Gasteiger partial charge in [-0.05, 0) is 78.5 Å². The second kappa shape index (κ2) is 11.8. The van der Waals surface area contributed by atoms with E-state index in [9.17, 15) is 14.7 Å². The third-order valence-electron chi connectivity index (χ3n) is 6.35. The van der Waals surface area contributed by atoms with Crippen LogP contribution < -0.4 is 15.4 Å². The number of hydrogen-bond acceptors (Lipinski definition) is 5. The normalized spacial score (nSPS) is 13.1. The zero-order valence-electron chi connectivity index (χ0n) is 20.7. The summed E-state index contributed by atoms with van der Waals surface area (Å²) in [5.41, 5.74) is 6.32. The highest BCUT2D eigenvalue weighted by Crippen LogP contribution is 2.29. The van der Waals surface area contributed by atoms with E-state index in [1.54, 1.807) is 13.1 Å². The Balaban J connectivity index is 1.53. The Kier molecular flexibility index (Phi) is 8.36. The summed E-state index contributed by atoms with van der Waals surface area (Å²) in [6.07, 6.45) is 1.23. The van der Waals surface area contributed by atoms with Gasteiger partial charge in [-0.3, -0.25) is 4.79 Å². The number of rotatable bonds is 11. The highest BCUT2D eigenvalue weighted by molar-refractivity contribution is 6.02. The molecule has 7 nitrogen and oxygen atoms in total. The number of benzene rings is 3. The van der Waals surface area contributed by atoms with E-state index >= 15 is 0 Å². The molecule has 1 unspecified atom stereocenters. The van der Waals surface area contributed by atoms with Crippen LogP contribution in [0.5, 0.6) is 5.75 Å². The molecular weight excluding hydrogens is 456 g/mol.